The van der Waals surface area contributed by atoms with Gasteiger partial charge in [-0.15, -0.1) is 0 Å². The molecule has 0 aliphatic heterocycles. The number of ether oxygens (including phenoxy) is 2. The quantitative estimate of drug-likeness (QED) is 0.476. The van der Waals surface area contributed by atoms with Crippen LogP contribution in [0, 0.1) is 5.82 Å². The minimum Gasteiger partial charge on any atom is -0.497 e. The van der Waals surface area contributed by atoms with Gasteiger partial charge in [-0.05, 0) is 18.2 Å². The molecular formula is C18H16FN3O4. The summed E-state index contributed by atoms with van der Waals surface area (Å²) in [6, 6.07) is 11.5. The number of hydrogen-bond acceptors (Lipinski definition) is 7. The van der Waals surface area contributed by atoms with Crippen molar-refractivity contribution < 1.29 is 23.2 Å². The summed E-state index contributed by atoms with van der Waals surface area (Å²) in [5.74, 6) is 1.39. The SMILES string of the molecule is COc1ccc(-c2noc(CO/N=C\c3ccccc3F)n2)c(OC)c1. The van der Waals surface area contributed by atoms with Gasteiger partial charge in [-0.2, -0.15) is 4.98 Å². The molecule has 0 spiro atoms. The Morgan fingerprint density at radius 2 is 2.00 bits per heavy atom. The molecule has 0 saturated carbocycles. The van der Waals surface area contributed by atoms with Gasteiger partial charge in [-0.3, -0.25) is 0 Å². The second kappa shape index (κ2) is 8.11. The van der Waals surface area contributed by atoms with E-state index in [9.17, 15) is 4.39 Å². The van der Waals surface area contributed by atoms with E-state index in [1.807, 2.05) is 0 Å². The smallest absolute Gasteiger partial charge is 0.267 e. The Kier molecular flexibility index (Phi) is 5.43. The molecule has 0 N–H and O–H groups in total. The fourth-order valence-electron chi connectivity index (χ4n) is 2.17. The number of oxime groups is 1. The van der Waals surface area contributed by atoms with E-state index in [2.05, 4.69) is 15.3 Å². The van der Waals surface area contributed by atoms with Crippen molar-refractivity contribution in [1.29, 1.82) is 0 Å². The van der Waals surface area contributed by atoms with Crippen LogP contribution >= 0.6 is 0 Å². The largest absolute Gasteiger partial charge is 0.497 e. The third-order valence-electron chi connectivity index (χ3n) is 3.48. The summed E-state index contributed by atoms with van der Waals surface area (Å²) in [5, 5.41) is 7.60. The third-order valence-corrected chi connectivity index (χ3v) is 3.48. The van der Waals surface area contributed by atoms with Crippen molar-refractivity contribution in [1.82, 2.24) is 10.1 Å². The summed E-state index contributed by atoms with van der Waals surface area (Å²) in [5.41, 5.74) is 0.972. The molecule has 1 heterocycles. The summed E-state index contributed by atoms with van der Waals surface area (Å²) in [6.45, 7) is -0.0452. The Morgan fingerprint density at radius 1 is 1.15 bits per heavy atom. The zero-order valence-corrected chi connectivity index (χ0v) is 14.2. The van der Waals surface area contributed by atoms with Crippen molar-refractivity contribution >= 4 is 6.21 Å². The standard InChI is InChI=1S/C18H16FN3O4/c1-23-13-7-8-14(16(9-13)24-2)18-21-17(26-22-18)11-25-20-10-12-5-3-4-6-15(12)19/h3-10H,11H2,1-2H3/b20-10-. The van der Waals surface area contributed by atoms with Gasteiger partial charge < -0.3 is 18.8 Å². The maximum absolute atomic E-state index is 13.4. The highest BCUT2D eigenvalue weighted by Gasteiger charge is 2.14. The highest BCUT2D eigenvalue weighted by Crippen LogP contribution is 2.31. The van der Waals surface area contributed by atoms with E-state index in [0.29, 0.717) is 28.5 Å². The average Bonchev–Trinajstić information content (AvgIpc) is 3.14. The van der Waals surface area contributed by atoms with Crippen molar-refractivity contribution in [3.63, 3.8) is 0 Å². The van der Waals surface area contributed by atoms with Crippen LogP contribution in [-0.4, -0.2) is 30.6 Å². The van der Waals surface area contributed by atoms with Crippen LogP contribution in [-0.2, 0) is 11.4 Å². The van der Waals surface area contributed by atoms with Crippen LogP contribution < -0.4 is 9.47 Å². The molecule has 134 valence electrons. The van der Waals surface area contributed by atoms with Crippen LogP contribution in [0.1, 0.15) is 11.5 Å². The molecule has 0 atom stereocenters. The zero-order valence-electron chi connectivity index (χ0n) is 14.2. The normalized spacial score (nSPS) is 10.9. The summed E-state index contributed by atoms with van der Waals surface area (Å²) < 4.78 is 29.1. The average molecular weight is 357 g/mol. The maximum atomic E-state index is 13.4. The molecule has 3 aromatic rings. The van der Waals surface area contributed by atoms with E-state index in [-0.39, 0.29) is 18.3 Å². The second-order valence-corrected chi connectivity index (χ2v) is 5.11. The molecule has 1 aromatic heterocycles. The fraction of sp³-hybridized carbons (Fsp3) is 0.167. The van der Waals surface area contributed by atoms with Crippen molar-refractivity contribution in [3.05, 3.63) is 59.7 Å². The van der Waals surface area contributed by atoms with Gasteiger partial charge in [0.2, 0.25) is 5.82 Å². The third kappa shape index (κ3) is 3.97. The Hall–Kier alpha value is -3.42. The molecule has 26 heavy (non-hydrogen) atoms. The summed E-state index contributed by atoms with van der Waals surface area (Å²) in [4.78, 5) is 9.31. The van der Waals surface area contributed by atoms with Gasteiger partial charge in [0.05, 0.1) is 26.0 Å². The minimum atomic E-state index is -0.383. The number of methoxy groups -OCH3 is 2. The highest BCUT2D eigenvalue weighted by atomic mass is 19.1. The summed E-state index contributed by atoms with van der Waals surface area (Å²) in [7, 11) is 3.11. The predicted molar refractivity (Wildman–Crippen MR) is 91.6 cm³/mol. The lowest BCUT2D eigenvalue weighted by Crippen LogP contribution is -1.93. The van der Waals surface area contributed by atoms with Gasteiger partial charge in [0.1, 0.15) is 17.3 Å². The zero-order chi connectivity index (χ0) is 18.4. The van der Waals surface area contributed by atoms with Gasteiger partial charge >= 0.3 is 0 Å². The van der Waals surface area contributed by atoms with Gasteiger partial charge in [0.15, 0.2) is 6.61 Å². The molecule has 0 amide bonds. The maximum Gasteiger partial charge on any atom is 0.267 e. The lowest BCUT2D eigenvalue weighted by Gasteiger charge is -2.07. The number of benzene rings is 2. The van der Waals surface area contributed by atoms with Crippen molar-refractivity contribution in [2.24, 2.45) is 5.16 Å². The molecule has 8 heteroatoms. The van der Waals surface area contributed by atoms with Gasteiger partial charge in [-0.1, -0.05) is 28.5 Å². The molecule has 0 bridgehead atoms. The number of rotatable bonds is 7. The first-order chi connectivity index (χ1) is 12.7. The number of halogens is 1. The number of hydrogen-bond donors (Lipinski definition) is 0. The van der Waals surface area contributed by atoms with Crippen molar-refractivity contribution in [2.75, 3.05) is 14.2 Å². The lowest BCUT2D eigenvalue weighted by atomic mass is 10.2. The lowest BCUT2D eigenvalue weighted by molar-refractivity contribution is 0.107. The van der Waals surface area contributed by atoms with Crippen LogP contribution in [0.5, 0.6) is 11.5 Å². The predicted octanol–water partition coefficient (Wildman–Crippen LogP) is 3.44. The molecule has 0 saturated heterocycles. The minimum absolute atomic E-state index is 0.0452. The van der Waals surface area contributed by atoms with Crippen molar-refractivity contribution in [2.45, 2.75) is 6.61 Å². The fourth-order valence-corrected chi connectivity index (χ4v) is 2.17. The van der Waals surface area contributed by atoms with Gasteiger partial charge in [0.25, 0.3) is 5.89 Å². The van der Waals surface area contributed by atoms with Gasteiger partial charge in [0, 0.05) is 11.6 Å². The molecule has 7 nitrogen and oxygen atoms in total. The van der Waals surface area contributed by atoms with Crippen LogP contribution in [0.2, 0.25) is 0 Å². The molecule has 0 aliphatic carbocycles. The Bertz CT molecular complexity index is 911. The molecule has 0 fully saturated rings. The first kappa shape index (κ1) is 17.4. The van der Waals surface area contributed by atoms with E-state index in [4.69, 9.17) is 18.8 Å². The monoisotopic (exact) mass is 357 g/mol. The first-order valence-electron chi connectivity index (χ1n) is 7.66. The van der Waals surface area contributed by atoms with E-state index < -0.39 is 0 Å². The number of aromatic nitrogens is 2. The molecule has 0 radical (unpaired) electrons. The first-order valence-corrected chi connectivity index (χ1v) is 7.66. The van der Waals surface area contributed by atoms with Crippen LogP contribution in [0.4, 0.5) is 4.39 Å². The Morgan fingerprint density at radius 3 is 2.77 bits per heavy atom. The molecule has 0 unspecified atom stereocenters. The van der Waals surface area contributed by atoms with Crippen LogP contribution in [0.15, 0.2) is 52.1 Å². The Balaban J connectivity index is 1.66. The van der Waals surface area contributed by atoms with E-state index in [1.165, 1.54) is 12.3 Å². The van der Waals surface area contributed by atoms with Crippen molar-refractivity contribution in [3.8, 4) is 22.9 Å². The topological polar surface area (TPSA) is 79.0 Å². The highest BCUT2D eigenvalue weighted by molar-refractivity contribution is 5.79. The van der Waals surface area contributed by atoms with E-state index >= 15 is 0 Å². The molecule has 0 aliphatic rings. The van der Waals surface area contributed by atoms with Crippen LogP contribution in [0.25, 0.3) is 11.4 Å². The van der Waals surface area contributed by atoms with E-state index in [0.717, 1.165) is 0 Å². The molecule has 2 aromatic carbocycles. The number of nitrogens with zero attached hydrogens (tertiary/aromatic N) is 3. The summed E-state index contributed by atoms with van der Waals surface area (Å²) >= 11 is 0. The summed E-state index contributed by atoms with van der Waals surface area (Å²) in [6.07, 6.45) is 1.28. The second-order valence-electron chi connectivity index (χ2n) is 5.11. The van der Waals surface area contributed by atoms with Crippen LogP contribution in [0.3, 0.4) is 0 Å². The molecular weight excluding hydrogens is 341 g/mol. The Labute approximate surface area is 149 Å². The molecule has 3 rings (SSSR count). The van der Waals surface area contributed by atoms with E-state index in [1.54, 1.807) is 50.6 Å². The van der Waals surface area contributed by atoms with Gasteiger partial charge in [-0.25, -0.2) is 4.39 Å².